The van der Waals surface area contributed by atoms with Gasteiger partial charge in [0.2, 0.25) is 0 Å². The van der Waals surface area contributed by atoms with E-state index in [2.05, 4.69) is 52.5 Å². The molecule has 0 amide bonds. The number of hydrogen-bond acceptors (Lipinski definition) is 8. The number of nitrogens with two attached hydrogens (primary N) is 2. The van der Waals surface area contributed by atoms with Crippen LogP contribution in [0.3, 0.4) is 0 Å². The summed E-state index contributed by atoms with van der Waals surface area (Å²) >= 11 is 0. The van der Waals surface area contributed by atoms with E-state index in [-0.39, 0.29) is 42.0 Å². The number of rotatable bonds is 11. The number of carbonyl (C=O) groups excluding carboxylic acids is 1. The Hall–Kier alpha value is -4.72. The number of guanidine groups is 1. The van der Waals surface area contributed by atoms with Gasteiger partial charge in [0.15, 0.2) is 29.0 Å². The molecule has 1 heterocycles. The van der Waals surface area contributed by atoms with E-state index in [1.165, 1.54) is 12.7 Å². The van der Waals surface area contributed by atoms with Gasteiger partial charge in [-0.25, -0.2) is 0 Å². The Morgan fingerprint density at radius 3 is 2.69 bits per heavy atom. The molecule has 3 aromatic carbocycles. The Balaban J connectivity index is 1.46. The Morgan fingerprint density at radius 1 is 1.06 bits per heavy atom. The van der Waals surface area contributed by atoms with Gasteiger partial charge < -0.3 is 35.9 Å². The molecule has 0 spiro atoms. The van der Waals surface area contributed by atoms with E-state index in [1.54, 1.807) is 12.1 Å². The fraction of sp³-hybridized carbons (Fsp3) is 0.436. The number of Topliss-reactive ketones (excluding diaryl/α,β-unsaturated/α-hetero) is 1. The third-order valence-corrected chi connectivity index (χ3v) is 9.08. The average Bonchev–Trinajstić information content (AvgIpc) is 3.09. The number of aliphatic imine (C=N–C) groups is 1. The maximum absolute atomic E-state index is 12.9. The number of aliphatic hydroxyl groups is 1. The number of carbonyl (C=O) groups is 1. The molecule has 49 heavy (non-hydrogen) atoms. The lowest BCUT2D eigenvalue weighted by Crippen LogP contribution is -2.27. The second kappa shape index (κ2) is 17.6. The van der Waals surface area contributed by atoms with E-state index in [0.717, 1.165) is 54.5 Å². The van der Waals surface area contributed by atoms with E-state index < -0.39 is 6.10 Å². The standard InChI is InChI=1S/C39H48N4O6/c1-47-37-33-11-5-10-30-22-29(13-16-32(45)23-31(44)15-12-28(33)14-17-35(37)46)34-21-27(18-20-43-39(40)41)24-48-38(34)36(30)49-25-42-19-6-9-26-7-3-2-4-8-26/h2-4,7-8,14,17,22,27,32,42,45-46H,6,9-10,12-13,15-16,18-21,23-25H2,1H3,(H4,40,41,43)/t27-,32+/m0/s1. The van der Waals surface area contributed by atoms with Gasteiger partial charge in [-0.05, 0) is 80.2 Å². The molecule has 10 nitrogen and oxygen atoms in total. The Morgan fingerprint density at radius 2 is 1.90 bits per heavy atom. The minimum Gasteiger partial charge on any atom is -0.504 e. The Bertz CT molecular complexity index is 1680. The van der Waals surface area contributed by atoms with Crippen molar-refractivity contribution in [1.82, 2.24) is 5.32 Å². The van der Waals surface area contributed by atoms with Crippen LogP contribution in [0.1, 0.15) is 65.5 Å². The lowest BCUT2D eigenvalue weighted by Gasteiger charge is -2.30. The molecule has 1 aliphatic heterocycles. The van der Waals surface area contributed by atoms with Crippen LogP contribution in [0.4, 0.5) is 0 Å². The van der Waals surface area contributed by atoms with Gasteiger partial charge in [0, 0.05) is 36.9 Å². The van der Waals surface area contributed by atoms with Gasteiger partial charge in [0.05, 0.1) is 25.4 Å². The normalized spacial score (nSPS) is 17.6. The highest BCUT2D eigenvalue weighted by Gasteiger charge is 2.28. The number of aryl methyl sites for hydroxylation is 3. The largest absolute Gasteiger partial charge is 0.504 e. The second-order valence-electron chi connectivity index (χ2n) is 12.8. The molecule has 2 bridgehead atoms. The number of methoxy groups -OCH3 is 1. The molecule has 0 radical (unpaired) electrons. The van der Waals surface area contributed by atoms with E-state index in [0.29, 0.717) is 62.6 Å². The number of aromatic hydroxyl groups is 1. The van der Waals surface area contributed by atoms with Crippen LogP contribution in [-0.2, 0) is 36.9 Å². The van der Waals surface area contributed by atoms with Crippen LogP contribution in [0, 0.1) is 17.8 Å². The summed E-state index contributed by atoms with van der Waals surface area (Å²) in [6.45, 7) is 2.08. The van der Waals surface area contributed by atoms with Crippen LogP contribution in [0.2, 0.25) is 0 Å². The van der Waals surface area contributed by atoms with E-state index >= 15 is 0 Å². The summed E-state index contributed by atoms with van der Waals surface area (Å²) < 4.78 is 18.5. The summed E-state index contributed by atoms with van der Waals surface area (Å²) in [7, 11) is 1.49. The molecule has 260 valence electrons. The fourth-order valence-electron chi connectivity index (χ4n) is 6.50. The predicted molar refractivity (Wildman–Crippen MR) is 190 cm³/mol. The van der Waals surface area contributed by atoms with E-state index in [1.807, 2.05) is 6.07 Å². The third kappa shape index (κ3) is 9.91. The zero-order valence-electron chi connectivity index (χ0n) is 28.3. The third-order valence-electron chi connectivity index (χ3n) is 9.08. The van der Waals surface area contributed by atoms with E-state index in [4.69, 9.17) is 25.7 Å². The first-order valence-corrected chi connectivity index (χ1v) is 17.1. The number of ether oxygens (including phenoxy) is 3. The number of nitrogens with one attached hydrogen (secondary N) is 1. The maximum atomic E-state index is 12.9. The van der Waals surface area contributed by atoms with Crippen LogP contribution in [0.15, 0.2) is 53.5 Å². The minimum absolute atomic E-state index is 0.0172. The van der Waals surface area contributed by atoms with Gasteiger partial charge >= 0.3 is 0 Å². The van der Waals surface area contributed by atoms with Gasteiger partial charge in [-0.3, -0.25) is 15.1 Å². The van der Waals surface area contributed by atoms with Crippen LogP contribution in [0.25, 0.3) is 0 Å². The summed E-state index contributed by atoms with van der Waals surface area (Å²) in [5.74, 6) is 8.37. The van der Waals surface area contributed by atoms with Crippen LogP contribution in [0.5, 0.6) is 23.0 Å². The van der Waals surface area contributed by atoms with Gasteiger partial charge in [-0.15, -0.1) is 0 Å². The highest BCUT2D eigenvalue weighted by Crippen LogP contribution is 2.43. The van der Waals surface area contributed by atoms with Gasteiger partial charge in [0.25, 0.3) is 0 Å². The van der Waals surface area contributed by atoms with Gasteiger partial charge in [-0.1, -0.05) is 54.3 Å². The molecule has 10 heteroatoms. The first-order chi connectivity index (χ1) is 23.8. The number of phenolic OH excluding ortho intramolecular Hbond substituents is 1. The zero-order valence-corrected chi connectivity index (χ0v) is 28.3. The van der Waals surface area contributed by atoms with Crippen LogP contribution >= 0.6 is 0 Å². The smallest absolute Gasteiger partial charge is 0.185 e. The van der Waals surface area contributed by atoms with Crippen molar-refractivity contribution in [2.24, 2.45) is 22.4 Å². The Kier molecular flexibility index (Phi) is 12.8. The molecule has 7 N–H and O–H groups in total. The topological polar surface area (TPSA) is 162 Å². The van der Waals surface area contributed by atoms with Crippen molar-refractivity contribution < 1.29 is 29.2 Å². The van der Waals surface area contributed by atoms with Gasteiger partial charge in [0.1, 0.15) is 12.5 Å². The molecule has 3 aromatic rings. The van der Waals surface area contributed by atoms with Crippen molar-refractivity contribution in [1.29, 1.82) is 0 Å². The molecule has 0 saturated carbocycles. The molecule has 0 fully saturated rings. The quantitative estimate of drug-likeness (QED) is 0.0670. The fourth-order valence-corrected chi connectivity index (χ4v) is 6.50. The number of benzene rings is 3. The SMILES string of the molecule is COc1c(O)ccc2c1C#CCc1cc(c3c(c1OCNCCCc1ccccc1)OC[C@@H](CCN=C(N)N)C3)CC[C@@H](O)CC(=O)CC2. The van der Waals surface area contributed by atoms with E-state index in [9.17, 15) is 15.0 Å². The number of fused-ring (bicyclic) bond motifs is 5. The number of nitrogens with zero attached hydrogens (tertiary/aromatic N) is 1. The summed E-state index contributed by atoms with van der Waals surface area (Å²) in [4.78, 5) is 17.1. The van der Waals surface area contributed by atoms with Gasteiger partial charge in [-0.2, -0.15) is 0 Å². The van der Waals surface area contributed by atoms with Crippen molar-refractivity contribution >= 4 is 11.7 Å². The van der Waals surface area contributed by atoms with Crippen molar-refractivity contribution in [2.75, 3.05) is 33.5 Å². The highest BCUT2D eigenvalue weighted by molar-refractivity contribution is 5.79. The summed E-state index contributed by atoms with van der Waals surface area (Å²) in [5, 5.41) is 24.9. The summed E-state index contributed by atoms with van der Waals surface area (Å²) in [6.07, 6.45) is 4.77. The lowest BCUT2D eigenvalue weighted by molar-refractivity contribution is -0.121. The first kappa shape index (κ1) is 35.6. The molecule has 2 aliphatic rings. The van der Waals surface area contributed by atoms with Crippen molar-refractivity contribution in [3.63, 3.8) is 0 Å². The Labute approximate surface area is 288 Å². The minimum atomic E-state index is -0.778. The maximum Gasteiger partial charge on any atom is 0.185 e. The van der Waals surface area contributed by atoms with Crippen LogP contribution < -0.4 is 31.0 Å². The predicted octanol–water partition coefficient (Wildman–Crippen LogP) is 3.97. The molecule has 5 rings (SSSR count). The second-order valence-corrected chi connectivity index (χ2v) is 12.8. The first-order valence-electron chi connectivity index (χ1n) is 17.1. The number of hydrogen-bond donors (Lipinski definition) is 5. The molecule has 1 aliphatic carbocycles. The number of ketones is 1. The highest BCUT2D eigenvalue weighted by atomic mass is 16.5. The molecular formula is C39H48N4O6. The van der Waals surface area contributed by atoms with Crippen molar-refractivity contribution in [2.45, 2.75) is 70.3 Å². The molecule has 0 aromatic heterocycles. The number of aliphatic hydroxyl groups excluding tert-OH is 1. The van der Waals surface area contributed by atoms with Crippen molar-refractivity contribution in [3.05, 3.63) is 81.9 Å². The van der Waals surface area contributed by atoms with Crippen molar-refractivity contribution in [3.8, 4) is 34.8 Å². The summed E-state index contributed by atoms with van der Waals surface area (Å²) in [5.41, 5.74) is 16.7. The number of phenols is 1. The lowest BCUT2D eigenvalue weighted by atomic mass is 9.86. The molecular weight excluding hydrogens is 620 g/mol. The van der Waals surface area contributed by atoms with Crippen LogP contribution in [-0.4, -0.2) is 61.6 Å². The zero-order chi connectivity index (χ0) is 34.6. The average molecular weight is 669 g/mol. The molecule has 0 saturated heterocycles. The molecule has 2 atom stereocenters. The summed E-state index contributed by atoms with van der Waals surface area (Å²) in [6, 6.07) is 15.8. The molecule has 0 unspecified atom stereocenters. The monoisotopic (exact) mass is 668 g/mol.